The number of anilines is 3. The summed E-state index contributed by atoms with van der Waals surface area (Å²) in [7, 11) is 0. The van der Waals surface area contributed by atoms with E-state index in [-0.39, 0.29) is 0 Å². The van der Waals surface area contributed by atoms with Crippen molar-refractivity contribution in [3.8, 4) is 46.0 Å². The average Bonchev–Trinajstić information content (AvgIpc) is 3.46. The molecule has 0 saturated heterocycles. The van der Waals surface area contributed by atoms with Crippen molar-refractivity contribution in [2.75, 3.05) is 4.90 Å². The fraction of sp³-hybridized carbons (Fsp3) is 0. The van der Waals surface area contributed by atoms with E-state index in [2.05, 4.69) is 17.0 Å². The molecule has 1 aliphatic heterocycles. The largest absolute Gasteiger partial charge is 0.453 e. The second kappa shape index (κ2) is 9.43. The highest BCUT2D eigenvalue weighted by Crippen LogP contribution is 2.51. The van der Waals surface area contributed by atoms with E-state index in [4.69, 9.17) is 29.1 Å². The molecule has 2 aromatic heterocycles. The monoisotopic (exact) mass is 531 g/mol. The van der Waals surface area contributed by atoms with E-state index in [0.717, 1.165) is 33.9 Å². The van der Waals surface area contributed by atoms with E-state index >= 15 is 0 Å². The Kier molecular flexibility index (Phi) is 5.31. The minimum atomic E-state index is 0.308. The van der Waals surface area contributed by atoms with Crippen molar-refractivity contribution in [1.82, 2.24) is 19.9 Å². The summed E-state index contributed by atoms with van der Waals surface area (Å²) in [6, 6.07) is 41.7. The van der Waals surface area contributed by atoms with Gasteiger partial charge in [0.05, 0.1) is 11.4 Å². The number of nitrogens with zero attached hydrogens (tertiary/aromatic N) is 5. The van der Waals surface area contributed by atoms with Gasteiger partial charge in [-0.05, 0) is 24.3 Å². The van der Waals surface area contributed by atoms with Crippen LogP contribution in [0.3, 0.4) is 0 Å². The SMILES string of the molecule is c1ccc(-c2nc(-c3ccccc3)nc(-c3nc4cc5c(cc4o3)N(c3ccccc3)c3ccccc3O5)n2)cc1. The van der Waals surface area contributed by atoms with E-state index in [1.165, 1.54) is 0 Å². The number of benzene rings is 5. The smallest absolute Gasteiger partial charge is 0.266 e. The van der Waals surface area contributed by atoms with Crippen LogP contribution >= 0.6 is 0 Å². The van der Waals surface area contributed by atoms with Gasteiger partial charge in [-0.3, -0.25) is 0 Å². The highest BCUT2D eigenvalue weighted by molar-refractivity contribution is 5.92. The van der Waals surface area contributed by atoms with E-state index < -0.39 is 0 Å². The fourth-order valence-electron chi connectivity index (χ4n) is 5.03. The molecule has 0 bridgehead atoms. The molecular weight excluding hydrogens is 510 g/mol. The maximum absolute atomic E-state index is 6.34. The highest BCUT2D eigenvalue weighted by atomic mass is 16.5. The maximum Gasteiger partial charge on any atom is 0.266 e. The quantitative estimate of drug-likeness (QED) is 0.225. The predicted molar refractivity (Wildman–Crippen MR) is 158 cm³/mol. The third-order valence-corrected chi connectivity index (χ3v) is 6.94. The van der Waals surface area contributed by atoms with Gasteiger partial charge in [0.15, 0.2) is 28.7 Å². The molecular formula is C34H21N5O2. The van der Waals surface area contributed by atoms with Crippen LogP contribution in [0.25, 0.3) is 45.6 Å². The van der Waals surface area contributed by atoms with Gasteiger partial charge in [0.2, 0.25) is 5.82 Å². The first-order valence-corrected chi connectivity index (χ1v) is 13.2. The second-order valence-electron chi connectivity index (χ2n) is 9.59. The Balaban J connectivity index is 1.29. The minimum Gasteiger partial charge on any atom is -0.453 e. The second-order valence-corrected chi connectivity index (χ2v) is 9.59. The van der Waals surface area contributed by atoms with Gasteiger partial charge in [-0.15, -0.1) is 0 Å². The van der Waals surface area contributed by atoms with Gasteiger partial charge in [0.1, 0.15) is 5.52 Å². The zero-order valence-corrected chi connectivity index (χ0v) is 21.7. The number of hydrogen-bond donors (Lipinski definition) is 0. The molecule has 0 fully saturated rings. The third-order valence-electron chi connectivity index (χ3n) is 6.94. The fourth-order valence-corrected chi connectivity index (χ4v) is 5.03. The molecule has 7 heteroatoms. The van der Waals surface area contributed by atoms with Crippen LogP contribution in [0.2, 0.25) is 0 Å². The highest BCUT2D eigenvalue weighted by Gasteiger charge is 2.28. The number of rotatable bonds is 4. The molecule has 7 nitrogen and oxygen atoms in total. The number of para-hydroxylation sites is 3. The lowest BCUT2D eigenvalue weighted by Gasteiger charge is -2.32. The first-order chi connectivity index (χ1) is 20.3. The summed E-state index contributed by atoms with van der Waals surface area (Å²) >= 11 is 0. The Morgan fingerprint density at radius 1 is 0.488 bits per heavy atom. The number of oxazole rings is 1. The lowest BCUT2D eigenvalue weighted by Crippen LogP contribution is -2.15. The van der Waals surface area contributed by atoms with Crippen LogP contribution in [-0.4, -0.2) is 19.9 Å². The first-order valence-electron chi connectivity index (χ1n) is 13.2. The molecule has 194 valence electrons. The molecule has 3 heterocycles. The Labute approximate surface area is 235 Å². The number of aromatic nitrogens is 4. The summed E-state index contributed by atoms with van der Waals surface area (Å²) < 4.78 is 12.7. The summed E-state index contributed by atoms with van der Waals surface area (Å²) in [5.74, 6) is 3.21. The Morgan fingerprint density at radius 3 is 1.76 bits per heavy atom. The Hall–Kier alpha value is -5.82. The van der Waals surface area contributed by atoms with Gasteiger partial charge in [-0.25, -0.2) is 19.9 Å². The summed E-state index contributed by atoms with van der Waals surface area (Å²) in [6.45, 7) is 0. The normalized spacial score (nSPS) is 12.0. The van der Waals surface area contributed by atoms with Crippen molar-refractivity contribution >= 4 is 28.2 Å². The van der Waals surface area contributed by atoms with Gasteiger partial charge >= 0.3 is 0 Å². The van der Waals surface area contributed by atoms with Crippen LogP contribution in [0.5, 0.6) is 11.5 Å². The molecule has 1 aliphatic rings. The molecule has 0 aliphatic carbocycles. The lowest BCUT2D eigenvalue weighted by atomic mass is 10.1. The molecule has 7 aromatic rings. The topological polar surface area (TPSA) is 77.2 Å². The third kappa shape index (κ3) is 4.08. The number of fused-ring (bicyclic) bond motifs is 3. The van der Waals surface area contributed by atoms with Crippen molar-refractivity contribution in [2.24, 2.45) is 0 Å². The van der Waals surface area contributed by atoms with Crippen LogP contribution in [-0.2, 0) is 0 Å². The first kappa shape index (κ1) is 23.1. The number of hydrogen-bond acceptors (Lipinski definition) is 7. The van der Waals surface area contributed by atoms with Crippen LogP contribution in [0, 0.1) is 0 Å². The molecule has 8 rings (SSSR count). The van der Waals surface area contributed by atoms with Gasteiger partial charge in [-0.1, -0.05) is 91.0 Å². The van der Waals surface area contributed by atoms with Crippen LogP contribution < -0.4 is 9.64 Å². The van der Waals surface area contributed by atoms with Gasteiger partial charge in [0, 0.05) is 28.9 Å². The molecule has 0 radical (unpaired) electrons. The van der Waals surface area contributed by atoms with Crippen LogP contribution in [0.1, 0.15) is 0 Å². The van der Waals surface area contributed by atoms with Gasteiger partial charge in [-0.2, -0.15) is 0 Å². The van der Waals surface area contributed by atoms with Crippen molar-refractivity contribution < 1.29 is 9.15 Å². The van der Waals surface area contributed by atoms with Gasteiger partial charge in [0.25, 0.3) is 5.89 Å². The molecule has 5 aromatic carbocycles. The maximum atomic E-state index is 6.34. The molecule has 0 N–H and O–H groups in total. The summed E-state index contributed by atoms with van der Waals surface area (Å²) in [6.07, 6.45) is 0. The Morgan fingerprint density at radius 2 is 1.07 bits per heavy atom. The molecule has 41 heavy (non-hydrogen) atoms. The molecule has 0 amide bonds. The van der Waals surface area contributed by atoms with E-state index in [9.17, 15) is 0 Å². The van der Waals surface area contributed by atoms with E-state index in [1.807, 2.05) is 115 Å². The molecule has 0 atom stereocenters. The van der Waals surface area contributed by atoms with Crippen LogP contribution in [0.15, 0.2) is 132 Å². The van der Waals surface area contributed by atoms with Crippen molar-refractivity contribution in [2.45, 2.75) is 0 Å². The lowest BCUT2D eigenvalue weighted by molar-refractivity contribution is 0.477. The minimum absolute atomic E-state index is 0.308. The van der Waals surface area contributed by atoms with Crippen molar-refractivity contribution in [3.05, 3.63) is 127 Å². The molecule has 0 spiro atoms. The van der Waals surface area contributed by atoms with E-state index in [0.29, 0.717) is 40.2 Å². The molecule has 0 saturated carbocycles. The molecule has 0 unspecified atom stereocenters. The van der Waals surface area contributed by atoms with Crippen molar-refractivity contribution in [1.29, 1.82) is 0 Å². The Bertz CT molecular complexity index is 1970. The standard InChI is InChI=1S/C34H21N5O2/c1-4-12-22(13-5-1)31-36-32(23-14-6-2-7-15-23)38-33(37-31)34-35-25-20-30-27(21-29(25)41-34)39(24-16-8-3-9-17-24)26-18-10-11-19-28(26)40-30/h1-21H. The van der Waals surface area contributed by atoms with E-state index in [1.54, 1.807) is 0 Å². The zero-order chi connectivity index (χ0) is 27.2. The number of ether oxygens (including phenoxy) is 1. The van der Waals surface area contributed by atoms with Crippen LogP contribution in [0.4, 0.5) is 17.1 Å². The zero-order valence-electron chi connectivity index (χ0n) is 21.7. The van der Waals surface area contributed by atoms with Gasteiger partial charge < -0.3 is 14.1 Å². The van der Waals surface area contributed by atoms with Crippen molar-refractivity contribution in [3.63, 3.8) is 0 Å². The predicted octanol–water partition coefficient (Wildman–Crippen LogP) is 8.59. The summed E-state index contributed by atoms with van der Waals surface area (Å²) in [5.41, 5.74) is 5.83. The summed E-state index contributed by atoms with van der Waals surface area (Å²) in [5, 5.41) is 0. The average molecular weight is 532 g/mol. The summed E-state index contributed by atoms with van der Waals surface area (Å²) in [4.78, 5) is 21.3.